The Hall–Kier alpha value is -2.29. The molecule has 0 radical (unpaired) electrons. The van der Waals surface area contributed by atoms with Gasteiger partial charge in [-0.3, -0.25) is 4.79 Å². The minimum Gasteiger partial charge on any atom is -0.398 e. The third-order valence-electron chi connectivity index (χ3n) is 3.44. The SMILES string of the molecule is Cc1ccc(CN(C)C(=O)c2ccccc2N)c(C)c1. The molecule has 1 amide bonds. The molecule has 2 aromatic carbocycles. The van der Waals surface area contributed by atoms with Crippen molar-refractivity contribution in [3.05, 3.63) is 64.7 Å². The zero-order valence-electron chi connectivity index (χ0n) is 12.2. The second-order valence-corrected chi connectivity index (χ2v) is 5.18. The molecule has 0 aliphatic heterocycles. The lowest BCUT2D eigenvalue weighted by atomic mass is 10.0. The smallest absolute Gasteiger partial charge is 0.255 e. The first-order valence-corrected chi connectivity index (χ1v) is 6.65. The molecule has 104 valence electrons. The van der Waals surface area contributed by atoms with E-state index < -0.39 is 0 Å². The van der Waals surface area contributed by atoms with Crippen molar-refractivity contribution >= 4 is 11.6 Å². The first kappa shape index (κ1) is 14.1. The number of hydrogen-bond acceptors (Lipinski definition) is 2. The summed E-state index contributed by atoms with van der Waals surface area (Å²) in [7, 11) is 1.80. The second-order valence-electron chi connectivity index (χ2n) is 5.18. The van der Waals surface area contributed by atoms with Gasteiger partial charge >= 0.3 is 0 Å². The van der Waals surface area contributed by atoms with Gasteiger partial charge in [0.25, 0.3) is 5.91 Å². The maximum atomic E-state index is 12.4. The summed E-state index contributed by atoms with van der Waals surface area (Å²) in [5, 5.41) is 0. The summed E-state index contributed by atoms with van der Waals surface area (Å²) < 4.78 is 0. The van der Waals surface area contributed by atoms with Crippen molar-refractivity contribution in [1.82, 2.24) is 4.90 Å². The quantitative estimate of drug-likeness (QED) is 0.869. The van der Waals surface area contributed by atoms with Crippen molar-refractivity contribution in [1.29, 1.82) is 0 Å². The molecule has 0 aliphatic rings. The van der Waals surface area contributed by atoms with E-state index in [9.17, 15) is 4.79 Å². The number of carbonyl (C=O) groups excluding carboxylic acids is 1. The molecule has 0 aliphatic carbocycles. The van der Waals surface area contributed by atoms with Gasteiger partial charge in [-0.25, -0.2) is 0 Å². The molecule has 2 N–H and O–H groups in total. The second kappa shape index (κ2) is 5.78. The normalized spacial score (nSPS) is 10.3. The summed E-state index contributed by atoms with van der Waals surface area (Å²) in [6.45, 7) is 4.72. The Morgan fingerprint density at radius 3 is 2.50 bits per heavy atom. The Labute approximate surface area is 120 Å². The maximum Gasteiger partial charge on any atom is 0.255 e. The highest BCUT2D eigenvalue weighted by Crippen LogP contribution is 2.16. The summed E-state index contributed by atoms with van der Waals surface area (Å²) in [4.78, 5) is 14.1. The summed E-state index contributed by atoms with van der Waals surface area (Å²) in [5.41, 5.74) is 10.5. The van der Waals surface area contributed by atoms with E-state index in [0.717, 1.165) is 5.56 Å². The molecule has 0 bridgehead atoms. The number of para-hydroxylation sites is 1. The lowest BCUT2D eigenvalue weighted by molar-refractivity contribution is 0.0786. The number of benzene rings is 2. The molecule has 0 heterocycles. The van der Waals surface area contributed by atoms with Gasteiger partial charge in [0.2, 0.25) is 0 Å². The Morgan fingerprint density at radius 2 is 1.85 bits per heavy atom. The molecule has 0 spiro atoms. The summed E-state index contributed by atoms with van der Waals surface area (Å²) >= 11 is 0. The van der Waals surface area contributed by atoms with Crippen LogP contribution in [0, 0.1) is 13.8 Å². The van der Waals surface area contributed by atoms with Crippen LogP contribution in [0.15, 0.2) is 42.5 Å². The van der Waals surface area contributed by atoms with E-state index >= 15 is 0 Å². The van der Waals surface area contributed by atoms with Gasteiger partial charge in [0.15, 0.2) is 0 Å². The van der Waals surface area contributed by atoms with Crippen LogP contribution in [0.25, 0.3) is 0 Å². The molecule has 0 saturated heterocycles. The number of carbonyl (C=O) groups is 1. The molecular formula is C17H20N2O. The van der Waals surface area contributed by atoms with Gasteiger partial charge in [-0.15, -0.1) is 0 Å². The largest absolute Gasteiger partial charge is 0.398 e. The van der Waals surface area contributed by atoms with Gasteiger partial charge in [0.05, 0.1) is 5.56 Å². The monoisotopic (exact) mass is 268 g/mol. The fourth-order valence-corrected chi connectivity index (χ4v) is 2.25. The fourth-order valence-electron chi connectivity index (χ4n) is 2.25. The third kappa shape index (κ3) is 2.99. The highest BCUT2D eigenvalue weighted by molar-refractivity contribution is 5.98. The van der Waals surface area contributed by atoms with Crippen molar-refractivity contribution in [2.45, 2.75) is 20.4 Å². The van der Waals surface area contributed by atoms with E-state index in [1.54, 1.807) is 24.1 Å². The first-order valence-electron chi connectivity index (χ1n) is 6.65. The minimum atomic E-state index is -0.0527. The molecule has 20 heavy (non-hydrogen) atoms. The predicted molar refractivity (Wildman–Crippen MR) is 82.6 cm³/mol. The Bertz CT molecular complexity index is 635. The van der Waals surface area contributed by atoms with E-state index in [4.69, 9.17) is 5.73 Å². The van der Waals surface area contributed by atoms with Crippen LogP contribution in [0.3, 0.4) is 0 Å². The number of amides is 1. The number of nitrogens with zero attached hydrogens (tertiary/aromatic N) is 1. The van der Waals surface area contributed by atoms with Crippen molar-refractivity contribution in [3.63, 3.8) is 0 Å². The molecular weight excluding hydrogens is 248 g/mol. The number of hydrogen-bond donors (Lipinski definition) is 1. The fraction of sp³-hybridized carbons (Fsp3) is 0.235. The molecule has 2 aromatic rings. The van der Waals surface area contributed by atoms with Gasteiger partial charge in [0.1, 0.15) is 0 Å². The molecule has 0 saturated carbocycles. The van der Waals surface area contributed by atoms with E-state index in [1.165, 1.54) is 11.1 Å². The number of nitrogens with two attached hydrogens (primary N) is 1. The van der Waals surface area contributed by atoms with Crippen molar-refractivity contribution in [3.8, 4) is 0 Å². The van der Waals surface area contributed by atoms with E-state index in [0.29, 0.717) is 17.8 Å². The van der Waals surface area contributed by atoms with Crippen LogP contribution in [-0.2, 0) is 6.54 Å². The van der Waals surface area contributed by atoms with Gasteiger partial charge < -0.3 is 10.6 Å². The van der Waals surface area contributed by atoms with Crippen molar-refractivity contribution in [2.75, 3.05) is 12.8 Å². The topological polar surface area (TPSA) is 46.3 Å². The van der Waals surface area contributed by atoms with Gasteiger partial charge in [-0.1, -0.05) is 35.9 Å². The molecule has 2 rings (SSSR count). The molecule has 0 aromatic heterocycles. The highest BCUT2D eigenvalue weighted by Gasteiger charge is 2.15. The lowest BCUT2D eigenvalue weighted by Gasteiger charge is -2.19. The van der Waals surface area contributed by atoms with E-state index in [2.05, 4.69) is 32.0 Å². The number of anilines is 1. The number of rotatable bonds is 3. The average Bonchev–Trinajstić information content (AvgIpc) is 2.41. The maximum absolute atomic E-state index is 12.4. The van der Waals surface area contributed by atoms with E-state index in [1.807, 2.05) is 12.1 Å². The summed E-state index contributed by atoms with van der Waals surface area (Å²) in [6, 6.07) is 13.4. The molecule has 0 fully saturated rings. The van der Waals surface area contributed by atoms with Gasteiger partial charge in [-0.05, 0) is 37.1 Å². The molecule has 0 unspecified atom stereocenters. The standard InChI is InChI=1S/C17H20N2O/c1-12-8-9-14(13(2)10-12)11-19(3)17(20)15-6-4-5-7-16(15)18/h4-10H,11,18H2,1-3H3. The molecule has 0 atom stereocenters. The number of nitrogen functional groups attached to an aromatic ring is 1. The van der Waals surface area contributed by atoms with Crippen LogP contribution < -0.4 is 5.73 Å². The first-order chi connectivity index (χ1) is 9.49. The highest BCUT2D eigenvalue weighted by atomic mass is 16.2. The summed E-state index contributed by atoms with van der Waals surface area (Å²) in [5.74, 6) is -0.0527. The van der Waals surface area contributed by atoms with Gasteiger partial charge in [-0.2, -0.15) is 0 Å². The van der Waals surface area contributed by atoms with Crippen molar-refractivity contribution in [2.24, 2.45) is 0 Å². The van der Waals surface area contributed by atoms with Crippen LogP contribution in [0.1, 0.15) is 27.0 Å². The average molecular weight is 268 g/mol. The van der Waals surface area contributed by atoms with Crippen molar-refractivity contribution < 1.29 is 4.79 Å². The zero-order valence-corrected chi connectivity index (χ0v) is 12.2. The van der Waals surface area contributed by atoms with Crippen LogP contribution in [0.2, 0.25) is 0 Å². The lowest BCUT2D eigenvalue weighted by Crippen LogP contribution is -2.27. The summed E-state index contributed by atoms with van der Waals surface area (Å²) in [6.07, 6.45) is 0. The van der Waals surface area contributed by atoms with Crippen LogP contribution in [0.4, 0.5) is 5.69 Å². The van der Waals surface area contributed by atoms with Crippen LogP contribution >= 0.6 is 0 Å². The number of aryl methyl sites for hydroxylation is 2. The van der Waals surface area contributed by atoms with Crippen LogP contribution in [-0.4, -0.2) is 17.9 Å². The van der Waals surface area contributed by atoms with E-state index in [-0.39, 0.29) is 5.91 Å². The Kier molecular flexibility index (Phi) is 4.08. The Morgan fingerprint density at radius 1 is 1.15 bits per heavy atom. The molecule has 3 heteroatoms. The molecule has 3 nitrogen and oxygen atoms in total. The third-order valence-corrected chi connectivity index (χ3v) is 3.44. The van der Waals surface area contributed by atoms with Gasteiger partial charge in [0, 0.05) is 19.3 Å². The zero-order chi connectivity index (χ0) is 14.7. The minimum absolute atomic E-state index is 0.0527. The Balaban J connectivity index is 2.18. The van der Waals surface area contributed by atoms with Crippen LogP contribution in [0.5, 0.6) is 0 Å². The predicted octanol–water partition coefficient (Wildman–Crippen LogP) is 3.16.